The van der Waals surface area contributed by atoms with E-state index in [4.69, 9.17) is 33.5 Å². The Bertz CT molecular complexity index is 869. The first-order chi connectivity index (χ1) is 25.9. The van der Waals surface area contributed by atoms with Crippen molar-refractivity contribution in [3.8, 4) is 0 Å². The van der Waals surface area contributed by atoms with E-state index >= 15 is 0 Å². The summed E-state index contributed by atoms with van der Waals surface area (Å²) in [5, 5.41) is 18.5. The lowest BCUT2D eigenvalue weighted by Crippen LogP contribution is -2.35. The number of hydrogen-bond donors (Lipinski definition) is 2. The molecule has 10 heteroatoms. The SMILES string of the molecule is CCCCCCCCCC[C@@H](OCOCC[Si](C)(C)C)[C@H]1CC[C@H]([C@H]2CC[C@H]([C@@H](CCCCCCCCCC[C@@H](O)CO)OCOCC[Si](C)(C)C)O2)O1. The minimum atomic E-state index is -1.14. The molecular weight excluding hydrogens is 713 g/mol. The van der Waals surface area contributed by atoms with Crippen molar-refractivity contribution in [3.63, 3.8) is 0 Å². The molecule has 8 nitrogen and oxygen atoms in total. The summed E-state index contributed by atoms with van der Waals surface area (Å²) in [5.41, 5.74) is 0. The molecule has 2 fully saturated rings. The molecule has 322 valence electrons. The van der Waals surface area contributed by atoms with Crippen LogP contribution in [0.2, 0.25) is 51.4 Å². The van der Waals surface area contributed by atoms with Crippen LogP contribution >= 0.6 is 0 Å². The Balaban J connectivity index is 1.83. The molecular formula is C44H90O8Si2. The van der Waals surface area contributed by atoms with E-state index in [-0.39, 0.29) is 43.2 Å². The lowest BCUT2D eigenvalue weighted by atomic mass is 10.00. The Labute approximate surface area is 335 Å². The fraction of sp³-hybridized carbons (Fsp3) is 1.00. The molecule has 2 N–H and O–H groups in total. The standard InChI is InChI=1S/C44H90O8Si2/c1-8-9-10-11-12-16-19-22-25-39(49-36-47-31-33-53(2,3)4)41-27-29-43(51-41)44-30-28-42(52-44)40(50-37-48-32-34-54(5,6)7)26-23-20-17-14-13-15-18-21-24-38(46)35-45/h38-46H,8-37H2,1-7H3/t38-,39-,40-,41-,42-,43-,44-/m1/s1. The maximum Gasteiger partial charge on any atom is 0.147 e. The Hall–Kier alpha value is 0.114. The molecule has 2 heterocycles. The number of rotatable bonds is 36. The molecule has 2 aliphatic heterocycles. The van der Waals surface area contributed by atoms with E-state index in [2.05, 4.69) is 46.2 Å². The van der Waals surface area contributed by atoms with Crippen LogP contribution in [-0.2, 0) is 28.4 Å². The molecule has 2 saturated heterocycles. The summed E-state index contributed by atoms with van der Waals surface area (Å²) in [6.07, 6.45) is 26.9. The number of aliphatic hydroxyl groups excluding tert-OH is 2. The van der Waals surface area contributed by atoms with Gasteiger partial charge in [-0.3, -0.25) is 0 Å². The van der Waals surface area contributed by atoms with Crippen LogP contribution in [0.15, 0.2) is 0 Å². The van der Waals surface area contributed by atoms with Gasteiger partial charge in [-0.1, -0.05) is 149 Å². The highest BCUT2D eigenvalue weighted by atomic mass is 28.3. The highest BCUT2D eigenvalue weighted by molar-refractivity contribution is 6.76. The van der Waals surface area contributed by atoms with Gasteiger partial charge in [-0.2, -0.15) is 0 Å². The zero-order valence-electron chi connectivity index (χ0n) is 36.6. The van der Waals surface area contributed by atoms with Gasteiger partial charge in [0.05, 0.1) is 49.3 Å². The molecule has 0 unspecified atom stereocenters. The van der Waals surface area contributed by atoms with Crippen LogP contribution in [0.1, 0.15) is 155 Å². The summed E-state index contributed by atoms with van der Waals surface area (Å²) in [5.74, 6) is 0. The molecule has 54 heavy (non-hydrogen) atoms. The first-order valence-corrected chi connectivity index (χ1v) is 30.3. The predicted molar refractivity (Wildman–Crippen MR) is 230 cm³/mol. The van der Waals surface area contributed by atoms with Crippen LogP contribution in [0.4, 0.5) is 0 Å². The Morgan fingerprint density at radius 2 is 0.907 bits per heavy atom. The van der Waals surface area contributed by atoms with Crippen LogP contribution in [0.3, 0.4) is 0 Å². The molecule has 0 amide bonds. The van der Waals surface area contributed by atoms with Crippen LogP contribution < -0.4 is 0 Å². The van der Waals surface area contributed by atoms with Crippen molar-refractivity contribution in [2.24, 2.45) is 0 Å². The van der Waals surface area contributed by atoms with Gasteiger partial charge >= 0.3 is 0 Å². The number of ether oxygens (including phenoxy) is 6. The maximum absolute atomic E-state index is 9.52. The maximum atomic E-state index is 9.52. The predicted octanol–water partition coefficient (Wildman–Crippen LogP) is 11.3. The number of aliphatic hydroxyl groups is 2. The summed E-state index contributed by atoms with van der Waals surface area (Å²) >= 11 is 0. The van der Waals surface area contributed by atoms with E-state index in [0.717, 1.165) is 83.1 Å². The molecule has 0 aliphatic carbocycles. The molecule has 2 aliphatic rings. The molecule has 0 radical (unpaired) electrons. The highest BCUT2D eigenvalue weighted by Crippen LogP contribution is 2.36. The third-order valence-electron chi connectivity index (χ3n) is 11.5. The van der Waals surface area contributed by atoms with Gasteiger partial charge in [0.25, 0.3) is 0 Å². The van der Waals surface area contributed by atoms with Crippen molar-refractivity contribution >= 4 is 16.1 Å². The van der Waals surface area contributed by atoms with Crippen LogP contribution in [-0.4, -0.2) is 102 Å². The second kappa shape index (κ2) is 30.2. The normalized spacial score (nSPS) is 22.6. The fourth-order valence-electron chi connectivity index (χ4n) is 7.73. The topological polar surface area (TPSA) is 95.8 Å². The average Bonchev–Trinajstić information content (AvgIpc) is 3.81. The molecule has 7 atom stereocenters. The Kier molecular flexibility index (Phi) is 28.1. The van der Waals surface area contributed by atoms with Crippen LogP contribution in [0.25, 0.3) is 0 Å². The first kappa shape index (κ1) is 50.3. The summed E-state index contributed by atoms with van der Waals surface area (Å²) in [7, 11) is -2.27. The quantitative estimate of drug-likeness (QED) is 0.0367. The molecule has 0 saturated carbocycles. The third kappa shape index (κ3) is 25.5. The second-order valence-corrected chi connectivity index (χ2v) is 30.4. The van der Waals surface area contributed by atoms with Gasteiger partial charge in [0.1, 0.15) is 13.6 Å². The lowest BCUT2D eigenvalue weighted by molar-refractivity contribution is -0.162. The van der Waals surface area contributed by atoms with Crippen LogP contribution in [0.5, 0.6) is 0 Å². The summed E-state index contributed by atoms with van der Waals surface area (Å²) in [6, 6.07) is 2.32. The molecule has 0 aromatic heterocycles. The van der Waals surface area contributed by atoms with Crippen molar-refractivity contribution < 1.29 is 38.6 Å². The van der Waals surface area contributed by atoms with E-state index in [1.54, 1.807) is 0 Å². The van der Waals surface area contributed by atoms with Gasteiger partial charge < -0.3 is 38.6 Å². The van der Waals surface area contributed by atoms with Gasteiger partial charge in [0.2, 0.25) is 0 Å². The van der Waals surface area contributed by atoms with E-state index in [0.29, 0.717) is 20.0 Å². The van der Waals surface area contributed by atoms with Gasteiger partial charge in [-0.05, 0) is 57.0 Å². The average molecular weight is 803 g/mol. The van der Waals surface area contributed by atoms with E-state index in [9.17, 15) is 5.11 Å². The largest absolute Gasteiger partial charge is 0.394 e. The minimum absolute atomic E-state index is 0.0587. The summed E-state index contributed by atoms with van der Waals surface area (Å²) < 4.78 is 38.5. The lowest BCUT2D eigenvalue weighted by Gasteiger charge is -2.28. The van der Waals surface area contributed by atoms with Crippen molar-refractivity contribution in [2.45, 2.75) is 249 Å². The summed E-state index contributed by atoms with van der Waals surface area (Å²) in [4.78, 5) is 0. The molecule has 0 bridgehead atoms. The monoisotopic (exact) mass is 803 g/mol. The van der Waals surface area contributed by atoms with E-state index < -0.39 is 22.3 Å². The van der Waals surface area contributed by atoms with Crippen molar-refractivity contribution in [3.05, 3.63) is 0 Å². The zero-order valence-corrected chi connectivity index (χ0v) is 38.6. The molecule has 0 spiro atoms. The van der Waals surface area contributed by atoms with Crippen molar-refractivity contribution in [2.75, 3.05) is 33.4 Å². The third-order valence-corrected chi connectivity index (χ3v) is 14.9. The fourth-order valence-corrected chi connectivity index (χ4v) is 9.24. The van der Waals surface area contributed by atoms with Gasteiger partial charge in [-0.15, -0.1) is 0 Å². The van der Waals surface area contributed by atoms with Gasteiger partial charge in [0.15, 0.2) is 0 Å². The van der Waals surface area contributed by atoms with Gasteiger partial charge in [0, 0.05) is 29.4 Å². The number of hydrogen-bond acceptors (Lipinski definition) is 8. The van der Waals surface area contributed by atoms with E-state index in [1.807, 2.05) is 0 Å². The molecule has 0 aromatic rings. The van der Waals surface area contributed by atoms with Crippen molar-refractivity contribution in [1.82, 2.24) is 0 Å². The highest BCUT2D eigenvalue weighted by Gasteiger charge is 2.42. The Morgan fingerprint density at radius 3 is 1.28 bits per heavy atom. The first-order valence-electron chi connectivity index (χ1n) is 22.9. The molecule has 2 rings (SSSR count). The van der Waals surface area contributed by atoms with Crippen LogP contribution in [0, 0.1) is 0 Å². The zero-order chi connectivity index (χ0) is 39.5. The van der Waals surface area contributed by atoms with Gasteiger partial charge in [-0.25, -0.2) is 0 Å². The van der Waals surface area contributed by atoms with Crippen molar-refractivity contribution in [1.29, 1.82) is 0 Å². The summed E-state index contributed by atoms with van der Waals surface area (Å²) in [6.45, 7) is 18.8. The second-order valence-electron chi connectivity index (χ2n) is 19.2. The Morgan fingerprint density at radius 1 is 0.537 bits per heavy atom. The smallest absolute Gasteiger partial charge is 0.147 e. The number of unbranched alkanes of at least 4 members (excludes halogenated alkanes) is 14. The van der Waals surface area contributed by atoms with E-state index in [1.165, 1.54) is 83.5 Å². The molecule has 0 aromatic carbocycles. The minimum Gasteiger partial charge on any atom is -0.394 e.